The second-order valence-electron chi connectivity index (χ2n) is 6.96. The summed E-state index contributed by atoms with van der Waals surface area (Å²) in [6.45, 7) is -0.640. The van der Waals surface area contributed by atoms with Crippen LogP contribution in [0.1, 0.15) is 11.1 Å². The third-order valence-corrected chi connectivity index (χ3v) is 7.29. The van der Waals surface area contributed by atoms with Gasteiger partial charge in [0, 0.05) is 28.2 Å². The van der Waals surface area contributed by atoms with Gasteiger partial charge in [-0.2, -0.15) is 9.41 Å². The van der Waals surface area contributed by atoms with Crippen molar-refractivity contribution in [3.63, 3.8) is 0 Å². The van der Waals surface area contributed by atoms with Gasteiger partial charge in [0.15, 0.2) is 0 Å². The fraction of sp³-hybridized carbons (Fsp3) is 0.0909. The molecule has 1 amide bonds. The van der Waals surface area contributed by atoms with Crippen LogP contribution >= 0.6 is 27.5 Å². The average Bonchev–Trinajstić information content (AvgIpc) is 2.80. The number of nitro groups is 1. The Morgan fingerprint density at radius 3 is 2.35 bits per heavy atom. The maximum Gasteiger partial charge on any atom is 0.269 e. The van der Waals surface area contributed by atoms with Crippen LogP contribution in [-0.2, 0) is 21.4 Å². The van der Waals surface area contributed by atoms with Crippen molar-refractivity contribution in [2.45, 2.75) is 11.4 Å². The van der Waals surface area contributed by atoms with E-state index in [1.165, 1.54) is 42.6 Å². The van der Waals surface area contributed by atoms with Gasteiger partial charge in [-0.15, -0.1) is 0 Å². The van der Waals surface area contributed by atoms with E-state index < -0.39 is 27.4 Å². The minimum absolute atomic E-state index is 0.0185. The standard InChI is InChI=1S/C22H18BrClN4O5S/c23-18-7-11-20(12-8-18)34(32,33)27(14-17-3-1-2-4-21(17)24)15-22(29)26-25-13-16-5-9-19(10-6-16)28(30)31/h1-13H,14-15H2,(H,26,29)/b25-13+. The summed E-state index contributed by atoms with van der Waals surface area (Å²) in [7, 11) is -4.04. The quantitative estimate of drug-likeness (QED) is 0.235. The van der Waals surface area contributed by atoms with Gasteiger partial charge in [0.1, 0.15) is 0 Å². The Bertz CT molecular complexity index is 1320. The molecule has 1 N–H and O–H groups in total. The van der Waals surface area contributed by atoms with Gasteiger partial charge in [-0.25, -0.2) is 13.8 Å². The molecule has 0 bridgehead atoms. The lowest BCUT2D eigenvalue weighted by Gasteiger charge is -2.22. The molecule has 0 radical (unpaired) electrons. The summed E-state index contributed by atoms with van der Waals surface area (Å²) in [6, 6.07) is 18.4. The Hall–Kier alpha value is -3.12. The van der Waals surface area contributed by atoms with Crippen LogP contribution in [0.4, 0.5) is 5.69 Å². The van der Waals surface area contributed by atoms with Gasteiger partial charge in [-0.3, -0.25) is 14.9 Å². The van der Waals surface area contributed by atoms with Gasteiger partial charge < -0.3 is 0 Å². The summed E-state index contributed by atoms with van der Waals surface area (Å²) >= 11 is 9.48. The molecule has 0 atom stereocenters. The van der Waals surface area contributed by atoms with Crippen molar-refractivity contribution in [1.82, 2.24) is 9.73 Å². The second kappa shape index (κ2) is 11.3. The molecule has 0 unspecified atom stereocenters. The molecule has 0 aliphatic heterocycles. The van der Waals surface area contributed by atoms with E-state index in [1.54, 1.807) is 36.4 Å². The van der Waals surface area contributed by atoms with Crippen LogP contribution in [0.2, 0.25) is 5.02 Å². The number of amides is 1. The van der Waals surface area contributed by atoms with E-state index in [2.05, 4.69) is 26.5 Å². The van der Waals surface area contributed by atoms with Crippen molar-refractivity contribution < 1.29 is 18.1 Å². The Kier molecular flexibility index (Phi) is 8.51. The summed E-state index contributed by atoms with van der Waals surface area (Å²) in [6.07, 6.45) is 1.29. The lowest BCUT2D eigenvalue weighted by Crippen LogP contribution is -2.39. The fourth-order valence-corrected chi connectivity index (χ4v) is 4.69. The smallest absolute Gasteiger partial charge is 0.269 e. The third-order valence-electron chi connectivity index (χ3n) is 4.58. The largest absolute Gasteiger partial charge is 0.272 e. The number of hydrazone groups is 1. The van der Waals surface area contributed by atoms with Gasteiger partial charge in [0.05, 0.1) is 22.6 Å². The molecule has 0 fully saturated rings. The second-order valence-corrected chi connectivity index (χ2v) is 10.2. The zero-order valence-corrected chi connectivity index (χ0v) is 20.6. The number of carbonyl (C=O) groups is 1. The van der Waals surface area contributed by atoms with Crippen molar-refractivity contribution >= 4 is 55.4 Å². The van der Waals surface area contributed by atoms with Crippen LogP contribution in [0.25, 0.3) is 0 Å². The molecule has 0 aromatic heterocycles. The number of nitro benzene ring substituents is 1. The third kappa shape index (κ3) is 6.70. The maximum absolute atomic E-state index is 13.3. The molecule has 0 heterocycles. The predicted octanol–water partition coefficient (Wildman–Crippen LogP) is 4.35. The molecule has 3 rings (SSSR count). The molecule has 3 aromatic carbocycles. The Balaban J connectivity index is 1.77. The number of hydrogen-bond donors (Lipinski definition) is 1. The van der Waals surface area contributed by atoms with E-state index in [-0.39, 0.29) is 17.1 Å². The Morgan fingerprint density at radius 2 is 1.74 bits per heavy atom. The Morgan fingerprint density at radius 1 is 1.09 bits per heavy atom. The highest BCUT2D eigenvalue weighted by Crippen LogP contribution is 2.23. The molecule has 176 valence electrons. The first-order chi connectivity index (χ1) is 16.2. The van der Waals surface area contributed by atoms with Crippen LogP contribution in [0, 0.1) is 10.1 Å². The number of non-ortho nitro benzene ring substituents is 1. The van der Waals surface area contributed by atoms with Gasteiger partial charge in [-0.05, 0) is 53.6 Å². The lowest BCUT2D eigenvalue weighted by atomic mass is 10.2. The molecular weight excluding hydrogens is 548 g/mol. The van der Waals surface area contributed by atoms with E-state index in [0.29, 0.717) is 20.6 Å². The lowest BCUT2D eigenvalue weighted by molar-refractivity contribution is -0.384. The van der Waals surface area contributed by atoms with Crippen molar-refractivity contribution in [2.75, 3.05) is 6.54 Å². The van der Waals surface area contributed by atoms with E-state index in [9.17, 15) is 23.3 Å². The van der Waals surface area contributed by atoms with E-state index in [1.807, 2.05) is 0 Å². The summed E-state index contributed by atoms with van der Waals surface area (Å²) in [4.78, 5) is 22.7. The molecule has 9 nitrogen and oxygen atoms in total. The Labute approximate surface area is 209 Å². The van der Waals surface area contributed by atoms with Crippen molar-refractivity contribution in [2.24, 2.45) is 5.10 Å². The number of sulfonamides is 1. The monoisotopic (exact) mass is 564 g/mol. The number of nitrogens with zero attached hydrogens (tertiary/aromatic N) is 3. The maximum atomic E-state index is 13.3. The first kappa shape index (κ1) is 25.5. The molecule has 0 spiro atoms. The molecule has 0 aliphatic rings. The predicted molar refractivity (Wildman–Crippen MR) is 132 cm³/mol. The van der Waals surface area contributed by atoms with E-state index in [4.69, 9.17) is 11.6 Å². The minimum Gasteiger partial charge on any atom is -0.272 e. The number of rotatable bonds is 9. The van der Waals surface area contributed by atoms with Gasteiger partial charge in [-0.1, -0.05) is 45.7 Å². The van der Waals surface area contributed by atoms with Crippen molar-refractivity contribution in [3.8, 4) is 0 Å². The highest BCUT2D eigenvalue weighted by molar-refractivity contribution is 9.10. The van der Waals surface area contributed by atoms with Gasteiger partial charge in [0.2, 0.25) is 10.0 Å². The summed E-state index contributed by atoms with van der Waals surface area (Å²) in [5, 5.41) is 14.9. The highest BCUT2D eigenvalue weighted by Gasteiger charge is 2.27. The average molecular weight is 566 g/mol. The normalized spacial score (nSPS) is 11.6. The molecule has 0 saturated heterocycles. The van der Waals surface area contributed by atoms with E-state index >= 15 is 0 Å². The molecule has 0 saturated carbocycles. The van der Waals surface area contributed by atoms with E-state index in [0.717, 1.165) is 4.31 Å². The first-order valence-corrected chi connectivity index (χ1v) is 12.3. The SMILES string of the molecule is O=C(CN(Cc1ccccc1Cl)S(=O)(=O)c1ccc(Br)cc1)N/N=C/c1ccc([N+](=O)[O-])cc1. The van der Waals surface area contributed by atoms with Crippen LogP contribution in [0.15, 0.2) is 87.3 Å². The van der Waals surface area contributed by atoms with Crippen LogP contribution in [0.5, 0.6) is 0 Å². The van der Waals surface area contributed by atoms with Crippen LogP contribution < -0.4 is 5.43 Å². The molecule has 34 heavy (non-hydrogen) atoms. The highest BCUT2D eigenvalue weighted by atomic mass is 79.9. The zero-order valence-electron chi connectivity index (χ0n) is 17.5. The summed E-state index contributed by atoms with van der Waals surface area (Å²) in [5.74, 6) is -0.675. The number of hydrogen-bond acceptors (Lipinski definition) is 6. The molecule has 0 aliphatic carbocycles. The molecule has 3 aromatic rings. The number of halogens is 2. The number of nitrogens with one attached hydrogen (secondary N) is 1. The molecular formula is C22H18BrClN4O5S. The van der Waals surface area contributed by atoms with Crippen molar-refractivity contribution in [1.29, 1.82) is 0 Å². The first-order valence-electron chi connectivity index (χ1n) is 9.72. The van der Waals surface area contributed by atoms with Crippen LogP contribution in [0.3, 0.4) is 0 Å². The number of carbonyl (C=O) groups excluding carboxylic acids is 1. The van der Waals surface area contributed by atoms with Crippen molar-refractivity contribution in [3.05, 3.63) is 104 Å². The topological polar surface area (TPSA) is 122 Å². The minimum atomic E-state index is -4.04. The zero-order chi connectivity index (χ0) is 24.7. The summed E-state index contributed by atoms with van der Waals surface area (Å²) < 4.78 is 28.3. The van der Waals surface area contributed by atoms with Crippen LogP contribution in [-0.4, -0.2) is 36.3 Å². The summed E-state index contributed by atoms with van der Waals surface area (Å²) in [5.41, 5.74) is 3.26. The van der Waals surface area contributed by atoms with Gasteiger partial charge >= 0.3 is 0 Å². The number of benzene rings is 3. The fourth-order valence-electron chi connectivity index (χ4n) is 2.85. The van der Waals surface area contributed by atoms with Gasteiger partial charge in [0.25, 0.3) is 11.6 Å². The molecule has 12 heteroatoms.